The number of nitrogens with one attached hydrogen (secondary N) is 1. The fourth-order valence-electron chi connectivity index (χ4n) is 2.11. The average Bonchev–Trinajstić information content (AvgIpc) is 2.59. The number of hydrogen-bond acceptors (Lipinski definition) is 5. The van der Waals surface area contributed by atoms with E-state index in [0.29, 0.717) is 22.7 Å². The lowest BCUT2D eigenvalue weighted by atomic mass is 10.1. The molecule has 5 nitrogen and oxygen atoms in total. The van der Waals surface area contributed by atoms with Gasteiger partial charge in [0.2, 0.25) is 0 Å². The highest BCUT2D eigenvalue weighted by Gasteiger charge is 2.12. The largest absolute Gasteiger partial charge is 0.497 e. The maximum Gasteiger partial charge on any atom is 0.124 e. The van der Waals surface area contributed by atoms with Gasteiger partial charge in [0.25, 0.3) is 0 Å². The Morgan fingerprint density at radius 3 is 2.39 bits per heavy atom. The highest BCUT2D eigenvalue weighted by atomic mass is 19.1. The third-order valence-electron chi connectivity index (χ3n) is 3.35. The summed E-state index contributed by atoms with van der Waals surface area (Å²) in [6, 6.07) is 10.9. The van der Waals surface area contributed by atoms with E-state index in [0.717, 1.165) is 6.07 Å². The van der Waals surface area contributed by atoms with Gasteiger partial charge in [0, 0.05) is 12.6 Å². The Labute approximate surface area is 133 Å². The summed E-state index contributed by atoms with van der Waals surface area (Å²) in [4.78, 5) is 0. The zero-order chi connectivity index (χ0) is 16.8. The van der Waals surface area contributed by atoms with Gasteiger partial charge in [-0.25, -0.2) is 4.39 Å². The second kappa shape index (κ2) is 7.47. The van der Waals surface area contributed by atoms with Gasteiger partial charge in [-0.15, -0.1) is 0 Å². The van der Waals surface area contributed by atoms with Crippen molar-refractivity contribution in [1.29, 1.82) is 5.26 Å². The van der Waals surface area contributed by atoms with Crippen LogP contribution in [0.4, 0.5) is 10.1 Å². The number of aliphatic hydroxyl groups excluding tert-OH is 1. The van der Waals surface area contributed by atoms with Gasteiger partial charge in [-0.2, -0.15) is 5.26 Å². The topological polar surface area (TPSA) is 74.5 Å². The molecule has 0 radical (unpaired) electrons. The van der Waals surface area contributed by atoms with Crippen LogP contribution in [0.1, 0.15) is 17.2 Å². The van der Waals surface area contributed by atoms with E-state index in [1.54, 1.807) is 18.2 Å². The number of halogens is 1. The summed E-state index contributed by atoms with van der Waals surface area (Å²) in [6.07, 6.45) is -0.851. The van der Waals surface area contributed by atoms with Gasteiger partial charge in [0.05, 0.1) is 31.6 Å². The number of nitriles is 1. The summed E-state index contributed by atoms with van der Waals surface area (Å²) < 4.78 is 23.4. The number of ether oxygens (including phenoxy) is 2. The van der Waals surface area contributed by atoms with Crippen molar-refractivity contribution in [3.8, 4) is 17.6 Å². The van der Waals surface area contributed by atoms with Crippen molar-refractivity contribution in [2.45, 2.75) is 6.10 Å². The molecule has 0 saturated heterocycles. The Kier molecular flexibility index (Phi) is 5.39. The average molecular weight is 316 g/mol. The van der Waals surface area contributed by atoms with Crippen LogP contribution in [0, 0.1) is 17.1 Å². The van der Waals surface area contributed by atoms with E-state index in [4.69, 9.17) is 14.7 Å². The Morgan fingerprint density at radius 2 is 1.83 bits per heavy atom. The number of aliphatic hydroxyl groups is 1. The first kappa shape index (κ1) is 16.6. The standard InChI is InChI=1S/C17H17FN2O3/c1-22-14-6-11(7-15(8-14)23-2)17(21)10-20-16-4-3-13(18)5-12(16)9-19/h3-8,17,20-21H,10H2,1-2H3. The van der Waals surface area contributed by atoms with E-state index < -0.39 is 11.9 Å². The van der Waals surface area contributed by atoms with Crippen LogP contribution < -0.4 is 14.8 Å². The summed E-state index contributed by atoms with van der Waals surface area (Å²) in [5.74, 6) is 0.654. The van der Waals surface area contributed by atoms with Crippen LogP contribution in [0.25, 0.3) is 0 Å². The van der Waals surface area contributed by atoms with Crippen molar-refractivity contribution in [2.24, 2.45) is 0 Å². The minimum atomic E-state index is -0.851. The molecule has 6 heteroatoms. The van der Waals surface area contributed by atoms with E-state index in [1.807, 2.05) is 6.07 Å². The molecule has 2 N–H and O–H groups in total. The number of benzene rings is 2. The number of rotatable bonds is 6. The van der Waals surface area contributed by atoms with Crippen LogP contribution in [-0.4, -0.2) is 25.9 Å². The van der Waals surface area contributed by atoms with Crippen LogP contribution in [0.5, 0.6) is 11.5 Å². The first-order valence-corrected chi connectivity index (χ1v) is 6.92. The molecule has 2 aromatic rings. The fraction of sp³-hybridized carbons (Fsp3) is 0.235. The Hall–Kier alpha value is -2.78. The molecule has 120 valence electrons. The van der Waals surface area contributed by atoms with Crippen molar-refractivity contribution in [3.63, 3.8) is 0 Å². The molecule has 0 fully saturated rings. The van der Waals surface area contributed by atoms with Crippen molar-refractivity contribution >= 4 is 5.69 Å². The molecule has 2 aromatic carbocycles. The zero-order valence-electron chi connectivity index (χ0n) is 12.8. The van der Waals surface area contributed by atoms with Crippen molar-refractivity contribution in [2.75, 3.05) is 26.1 Å². The van der Waals surface area contributed by atoms with Gasteiger partial charge in [0.15, 0.2) is 0 Å². The summed E-state index contributed by atoms with van der Waals surface area (Å²) in [5.41, 5.74) is 1.25. The molecule has 1 atom stereocenters. The van der Waals surface area contributed by atoms with Crippen LogP contribution in [0.15, 0.2) is 36.4 Å². The lowest BCUT2D eigenvalue weighted by molar-refractivity contribution is 0.190. The molecule has 0 aliphatic carbocycles. The Morgan fingerprint density at radius 1 is 1.17 bits per heavy atom. The molecule has 23 heavy (non-hydrogen) atoms. The van der Waals surface area contributed by atoms with Crippen molar-refractivity contribution in [3.05, 3.63) is 53.3 Å². The SMILES string of the molecule is COc1cc(OC)cc(C(O)CNc2ccc(F)cc2C#N)c1. The van der Waals surface area contributed by atoms with E-state index in [1.165, 1.54) is 26.4 Å². The molecule has 2 rings (SSSR count). The second-order valence-corrected chi connectivity index (χ2v) is 4.84. The molecule has 0 amide bonds. The number of anilines is 1. The first-order chi connectivity index (χ1) is 11.1. The van der Waals surface area contributed by atoms with Gasteiger partial charge in [-0.3, -0.25) is 0 Å². The second-order valence-electron chi connectivity index (χ2n) is 4.84. The summed E-state index contributed by atoms with van der Waals surface area (Å²) in [7, 11) is 3.06. The monoisotopic (exact) mass is 316 g/mol. The highest BCUT2D eigenvalue weighted by Crippen LogP contribution is 2.27. The minimum absolute atomic E-state index is 0.149. The number of methoxy groups -OCH3 is 2. The maximum atomic E-state index is 13.1. The van der Waals surface area contributed by atoms with Crippen LogP contribution in [0.2, 0.25) is 0 Å². The van der Waals surface area contributed by atoms with Crippen LogP contribution in [0.3, 0.4) is 0 Å². The Balaban J connectivity index is 2.14. The lowest BCUT2D eigenvalue weighted by Gasteiger charge is -2.16. The van der Waals surface area contributed by atoms with E-state index in [2.05, 4.69) is 5.32 Å². The lowest BCUT2D eigenvalue weighted by Crippen LogP contribution is -2.13. The fourth-order valence-corrected chi connectivity index (χ4v) is 2.11. The third-order valence-corrected chi connectivity index (χ3v) is 3.35. The molecule has 0 spiro atoms. The molecule has 0 bridgehead atoms. The maximum absolute atomic E-state index is 13.1. The third kappa shape index (κ3) is 4.11. The van der Waals surface area contributed by atoms with Gasteiger partial charge in [0.1, 0.15) is 23.4 Å². The van der Waals surface area contributed by atoms with Crippen molar-refractivity contribution < 1.29 is 19.0 Å². The number of nitrogens with zero attached hydrogens (tertiary/aromatic N) is 1. The van der Waals surface area contributed by atoms with Crippen LogP contribution >= 0.6 is 0 Å². The smallest absolute Gasteiger partial charge is 0.124 e. The first-order valence-electron chi connectivity index (χ1n) is 6.92. The minimum Gasteiger partial charge on any atom is -0.497 e. The summed E-state index contributed by atoms with van der Waals surface area (Å²) in [6.45, 7) is 0.149. The Bertz CT molecular complexity index is 706. The predicted octanol–water partition coefficient (Wildman–Crippen LogP) is 2.86. The molecular weight excluding hydrogens is 299 g/mol. The van der Waals surface area contributed by atoms with E-state index in [-0.39, 0.29) is 12.1 Å². The highest BCUT2D eigenvalue weighted by molar-refractivity contribution is 5.57. The van der Waals surface area contributed by atoms with Crippen LogP contribution in [-0.2, 0) is 0 Å². The van der Waals surface area contributed by atoms with E-state index >= 15 is 0 Å². The summed E-state index contributed by atoms with van der Waals surface area (Å²) in [5, 5.41) is 22.3. The molecule has 0 aliphatic rings. The zero-order valence-corrected chi connectivity index (χ0v) is 12.8. The normalized spacial score (nSPS) is 11.4. The van der Waals surface area contributed by atoms with Gasteiger partial charge in [-0.1, -0.05) is 0 Å². The molecular formula is C17H17FN2O3. The summed E-state index contributed by atoms with van der Waals surface area (Å²) >= 11 is 0. The van der Waals surface area contributed by atoms with E-state index in [9.17, 15) is 9.50 Å². The van der Waals surface area contributed by atoms with Crippen molar-refractivity contribution in [1.82, 2.24) is 0 Å². The predicted molar refractivity (Wildman–Crippen MR) is 84.1 cm³/mol. The molecule has 0 saturated carbocycles. The van der Waals surface area contributed by atoms with Gasteiger partial charge >= 0.3 is 0 Å². The molecule has 0 aliphatic heterocycles. The van der Waals surface area contributed by atoms with Gasteiger partial charge in [-0.05, 0) is 35.9 Å². The molecule has 1 unspecified atom stereocenters. The molecule has 0 heterocycles. The van der Waals surface area contributed by atoms with Gasteiger partial charge < -0.3 is 19.9 Å². The quantitative estimate of drug-likeness (QED) is 0.857. The molecule has 0 aromatic heterocycles. The number of hydrogen-bond donors (Lipinski definition) is 2.